The first-order chi connectivity index (χ1) is 10.4. The molecule has 0 amide bonds. The fraction of sp³-hybridized carbons (Fsp3) is 0.929. The van der Waals surface area contributed by atoms with Gasteiger partial charge in [0.25, 0.3) is 0 Å². The van der Waals surface area contributed by atoms with Crippen LogP contribution in [0.15, 0.2) is 4.99 Å². The number of hydrogen-bond donors (Lipinski definition) is 1. The molecule has 1 aliphatic heterocycles. The van der Waals surface area contributed by atoms with Crippen LogP contribution >= 0.6 is 11.8 Å². The van der Waals surface area contributed by atoms with Crippen LogP contribution in [0.25, 0.3) is 0 Å². The third kappa shape index (κ3) is 5.96. The molecule has 0 radical (unpaired) electrons. The van der Waals surface area contributed by atoms with Crippen molar-refractivity contribution < 1.29 is 8.42 Å². The summed E-state index contributed by atoms with van der Waals surface area (Å²) in [4.78, 5) is 6.66. The van der Waals surface area contributed by atoms with Crippen LogP contribution in [0.2, 0.25) is 0 Å². The Morgan fingerprint density at radius 2 is 2.18 bits per heavy atom. The van der Waals surface area contributed by atoms with Gasteiger partial charge in [-0.3, -0.25) is 4.99 Å². The van der Waals surface area contributed by atoms with Crippen molar-refractivity contribution in [3.63, 3.8) is 0 Å². The third-order valence-corrected chi connectivity index (χ3v) is 7.11. The van der Waals surface area contributed by atoms with E-state index >= 15 is 0 Å². The molecule has 1 aliphatic rings. The molecule has 0 aromatic rings. The zero-order valence-corrected chi connectivity index (χ0v) is 15.8. The average molecular weight is 351 g/mol. The molecule has 1 saturated heterocycles. The summed E-state index contributed by atoms with van der Waals surface area (Å²) in [5.74, 6) is 2.22. The molecule has 0 aromatic carbocycles. The van der Waals surface area contributed by atoms with Gasteiger partial charge in [-0.25, -0.2) is 12.7 Å². The van der Waals surface area contributed by atoms with Crippen LogP contribution in [0.1, 0.15) is 26.7 Å². The molecule has 1 unspecified atom stereocenters. The fourth-order valence-electron chi connectivity index (χ4n) is 2.35. The van der Waals surface area contributed by atoms with Gasteiger partial charge >= 0.3 is 0 Å². The Hall–Kier alpha value is -0.470. The van der Waals surface area contributed by atoms with E-state index in [2.05, 4.69) is 22.1 Å². The lowest BCUT2D eigenvalue weighted by Crippen LogP contribution is -2.48. The zero-order valence-electron chi connectivity index (χ0n) is 14.2. The van der Waals surface area contributed by atoms with Gasteiger partial charge in [-0.1, -0.05) is 6.92 Å². The number of nitrogens with zero attached hydrogens (tertiary/aromatic N) is 3. The highest BCUT2D eigenvalue weighted by atomic mass is 32.2. The lowest BCUT2D eigenvalue weighted by atomic mass is 10.3. The standard InChI is InChI=1S/C14H30N4O2S2/c1-5-13-12-18(10-11-21-13)14(15-3)16-8-7-9-17(4)22(19,20)6-2/h13H,5-12H2,1-4H3,(H,15,16). The first-order valence-electron chi connectivity index (χ1n) is 7.95. The number of thioether (sulfide) groups is 1. The Kier molecular flexibility index (Phi) is 8.56. The highest BCUT2D eigenvalue weighted by Crippen LogP contribution is 2.20. The zero-order chi connectivity index (χ0) is 16.6. The molecule has 6 nitrogen and oxygen atoms in total. The van der Waals surface area contributed by atoms with Gasteiger partial charge in [0.05, 0.1) is 5.75 Å². The highest BCUT2D eigenvalue weighted by Gasteiger charge is 2.21. The molecular formula is C14H30N4O2S2. The number of sulfonamides is 1. The van der Waals surface area contributed by atoms with Gasteiger partial charge in [-0.2, -0.15) is 11.8 Å². The van der Waals surface area contributed by atoms with Crippen molar-refractivity contribution in [2.75, 3.05) is 51.8 Å². The molecular weight excluding hydrogens is 320 g/mol. The second-order valence-corrected chi connectivity index (χ2v) is 9.17. The molecule has 22 heavy (non-hydrogen) atoms. The van der Waals surface area contributed by atoms with E-state index in [4.69, 9.17) is 0 Å². The quantitative estimate of drug-likeness (QED) is 0.423. The Labute approximate surface area is 139 Å². The molecule has 1 fully saturated rings. The van der Waals surface area contributed by atoms with Gasteiger partial charge in [0.15, 0.2) is 5.96 Å². The van der Waals surface area contributed by atoms with Crippen molar-refractivity contribution >= 4 is 27.7 Å². The van der Waals surface area contributed by atoms with Crippen LogP contribution in [0.4, 0.5) is 0 Å². The predicted octanol–water partition coefficient (Wildman–Crippen LogP) is 1.06. The summed E-state index contributed by atoms with van der Waals surface area (Å²) in [5, 5.41) is 4.03. The summed E-state index contributed by atoms with van der Waals surface area (Å²) in [7, 11) is 0.371. The normalized spacial score (nSPS) is 20.5. The van der Waals surface area contributed by atoms with Crippen LogP contribution in [-0.2, 0) is 10.0 Å². The summed E-state index contributed by atoms with van der Waals surface area (Å²) >= 11 is 2.03. The van der Waals surface area contributed by atoms with Crippen molar-refractivity contribution in [2.24, 2.45) is 4.99 Å². The molecule has 1 atom stereocenters. The number of aliphatic imine (C=N–C) groups is 1. The third-order valence-electron chi connectivity index (χ3n) is 3.88. The molecule has 8 heteroatoms. The Bertz CT molecular complexity index is 454. The smallest absolute Gasteiger partial charge is 0.213 e. The molecule has 1 heterocycles. The lowest BCUT2D eigenvalue weighted by Gasteiger charge is -2.34. The van der Waals surface area contributed by atoms with Gasteiger partial charge in [0.1, 0.15) is 0 Å². The summed E-state index contributed by atoms with van der Waals surface area (Å²) in [6.07, 6.45) is 1.95. The van der Waals surface area contributed by atoms with E-state index < -0.39 is 10.0 Å². The Morgan fingerprint density at radius 1 is 1.45 bits per heavy atom. The first-order valence-corrected chi connectivity index (χ1v) is 10.6. The largest absolute Gasteiger partial charge is 0.356 e. The van der Waals surface area contributed by atoms with E-state index in [0.717, 1.165) is 37.8 Å². The average Bonchev–Trinajstić information content (AvgIpc) is 2.54. The van der Waals surface area contributed by atoms with Gasteiger partial charge < -0.3 is 10.2 Å². The van der Waals surface area contributed by atoms with Crippen molar-refractivity contribution in [1.29, 1.82) is 0 Å². The van der Waals surface area contributed by atoms with Crippen LogP contribution in [-0.4, -0.2) is 80.6 Å². The second-order valence-electron chi connectivity index (χ2n) is 5.40. The van der Waals surface area contributed by atoms with E-state index in [-0.39, 0.29) is 5.75 Å². The summed E-state index contributed by atoms with van der Waals surface area (Å²) in [6, 6.07) is 0. The molecule has 0 aromatic heterocycles. The van der Waals surface area contributed by atoms with E-state index in [9.17, 15) is 8.42 Å². The maximum Gasteiger partial charge on any atom is 0.213 e. The van der Waals surface area contributed by atoms with Crippen molar-refractivity contribution in [3.05, 3.63) is 0 Å². The summed E-state index contributed by atoms with van der Waals surface area (Å²) in [6.45, 7) is 7.21. The van der Waals surface area contributed by atoms with E-state index in [1.807, 2.05) is 11.8 Å². The minimum atomic E-state index is -3.07. The number of hydrogen-bond acceptors (Lipinski definition) is 4. The van der Waals surface area contributed by atoms with Crippen LogP contribution in [0.5, 0.6) is 0 Å². The van der Waals surface area contributed by atoms with Gasteiger partial charge in [-0.15, -0.1) is 0 Å². The topological polar surface area (TPSA) is 65.0 Å². The summed E-state index contributed by atoms with van der Waals surface area (Å²) in [5.41, 5.74) is 0. The van der Waals surface area contributed by atoms with Crippen LogP contribution < -0.4 is 5.32 Å². The molecule has 130 valence electrons. The van der Waals surface area contributed by atoms with Crippen molar-refractivity contribution in [1.82, 2.24) is 14.5 Å². The maximum absolute atomic E-state index is 11.7. The van der Waals surface area contributed by atoms with Gasteiger partial charge in [0.2, 0.25) is 10.0 Å². The Balaban J connectivity index is 2.36. The highest BCUT2D eigenvalue weighted by molar-refractivity contribution is 8.00. The van der Waals surface area contributed by atoms with E-state index in [1.165, 1.54) is 10.7 Å². The number of nitrogens with one attached hydrogen (secondary N) is 1. The lowest BCUT2D eigenvalue weighted by molar-refractivity contribution is 0.405. The predicted molar refractivity (Wildman–Crippen MR) is 96.2 cm³/mol. The molecule has 0 aliphatic carbocycles. The number of rotatable bonds is 7. The second kappa shape index (κ2) is 9.62. The SMILES string of the molecule is CCC1CN(C(=NC)NCCCN(C)S(=O)(=O)CC)CCS1. The fourth-order valence-corrected chi connectivity index (χ4v) is 4.38. The van der Waals surface area contributed by atoms with Crippen LogP contribution in [0, 0.1) is 0 Å². The van der Waals surface area contributed by atoms with Crippen LogP contribution in [0.3, 0.4) is 0 Å². The monoisotopic (exact) mass is 350 g/mol. The van der Waals surface area contributed by atoms with Gasteiger partial charge in [0, 0.05) is 51.3 Å². The Morgan fingerprint density at radius 3 is 2.77 bits per heavy atom. The number of guanidine groups is 1. The molecule has 1 N–H and O–H groups in total. The maximum atomic E-state index is 11.7. The minimum absolute atomic E-state index is 0.155. The molecule has 0 bridgehead atoms. The van der Waals surface area contributed by atoms with Crippen molar-refractivity contribution in [3.8, 4) is 0 Å². The molecule has 1 rings (SSSR count). The van der Waals surface area contributed by atoms with E-state index in [1.54, 1.807) is 21.0 Å². The first kappa shape index (κ1) is 19.6. The molecule has 0 spiro atoms. The molecule has 0 saturated carbocycles. The van der Waals surface area contributed by atoms with Crippen molar-refractivity contribution in [2.45, 2.75) is 31.9 Å². The minimum Gasteiger partial charge on any atom is -0.356 e. The van der Waals surface area contributed by atoms with Gasteiger partial charge in [-0.05, 0) is 19.8 Å². The van der Waals surface area contributed by atoms with E-state index in [0.29, 0.717) is 11.8 Å². The summed E-state index contributed by atoms with van der Waals surface area (Å²) < 4.78 is 24.8.